The largest absolute Gasteiger partial charge is 0.497 e. The Morgan fingerprint density at radius 3 is 2.91 bits per heavy atom. The molecule has 0 aliphatic carbocycles. The second kappa shape index (κ2) is 6.00. The van der Waals surface area contributed by atoms with Gasteiger partial charge in [-0.2, -0.15) is 5.26 Å². The minimum atomic E-state index is -0.423. The van der Waals surface area contributed by atoms with E-state index in [1.54, 1.807) is 13.3 Å². The first-order valence-corrected chi connectivity index (χ1v) is 7.02. The van der Waals surface area contributed by atoms with Crippen LogP contribution in [0.1, 0.15) is 23.7 Å². The fourth-order valence-corrected chi connectivity index (χ4v) is 2.76. The van der Waals surface area contributed by atoms with Crippen molar-refractivity contribution in [1.29, 1.82) is 5.26 Å². The smallest absolute Gasteiger partial charge is 0.158 e. The Morgan fingerprint density at radius 1 is 1.36 bits per heavy atom. The van der Waals surface area contributed by atoms with E-state index in [2.05, 4.69) is 9.97 Å². The van der Waals surface area contributed by atoms with Crippen LogP contribution in [0.15, 0.2) is 36.7 Å². The van der Waals surface area contributed by atoms with Crippen molar-refractivity contribution in [2.75, 3.05) is 18.6 Å². The summed E-state index contributed by atoms with van der Waals surface area (Å²) in [5.41, 5.74) is 1.34. The third-order valence-electron chi connectivity index (χ3n) is 3.80. The molecule has 1 aromatic carbocycles. The van der Waals surface area contributed by atoms with Crippen molar-refractivity contribution in [2.24, 2.45) is 0 Å². The van der Waals surface area contributed by atoms with Crippen LogP contribution in [0.3, 0.4) is 0 Å². The number of aliphatic hydroxyl groups excluding tert-OH is 1. The summed E-state index contributed by atoms with van der Waals surface area (Å²) < 4.78 is 5.27. The summed E-state index contributed by atoms with van der Waals surface area (Å²) in [5, 5.41) is 18.9. The number of nitriles is 1. The van der Waals surface area contributed by atoms with Gasteiger partial charge >= 0.3 is 0 Å². The first-order valence-electron chi connectivity index (χ1n) is 7.02. The first kappa shape index (κ1) is 14.3. The highest BCUT2D eigenvalue weighted by Crippen LogP contribution is 2.36. The predicted octanol–water partition coefficient (Wildman–Crippen LogP) is 1.67. The third-order valence-corrected chi connectivity index (χ3v) is 3.80. The minimum Gasteiger partial charge on any atom is -0.497 e. The number of aliphatic hydroxyl groups is 1. The van der Waals surface area contributed by atoms with Crippen LogP contribution in [0.2, 0.25) is 0 Å². The van der Waals surface area contributed by atoms with Crippen LogP contribution in [-0.4, -0.2) is 34.8 Å². The molecule has 6 heteroatoms. The first-order chi connectivity index (χ1) is 10.7. The third kappa shape index (κ3) is 2.71. The van der Waals surface area contributed by atoms with Crippen LogP contribution in [0, 0.1) is 11.3 Å². The molecule has 1 aliphatic heterocycles. The van der Waals surface area contributed by atoms with Gasteiger partial charge in [-0.3, -0.25) is 0 Å². The van der Waals surface area contributed by atoms with E-state index in [4.69, 9.17) is 10.00 Å². The number of benzene rings is 1. The molecular weight excluding hydrogens is 280 g/mol. The summed E-state index contributed by atoms with van der Waals surface area (Å²) in [6.45, 7) is 0.489. The standard InChI is InChI=1S/C16H16N4O2/c1-22-14-4-2-3-11(5-14)15-6-13(21)10-20(15)16-9-18-12(7-17)8-19-16/h2-5,8-9,13,15,21H,6,10H2,1H3/t13-,15+/m0/s1. The van der Waals surface area contributed by atoms with Gasteiger partial charge in [0, 0.05) is 6.54 Å². The van der Waals surface area contributed by atoms with Crippen LogP contribution in [0.4, 0.5) is 5.82 Å². The molecule has 3 rings (SSSR count). The van der Waals surface area contributed by atoms with Crippen molar-refractivity contribution in [1.82, 2.24) is 9.97 Å². The SMILES string of the molecule is COc1cccc([C@H]2C[C@H](O)CN2c2cnc(C#N)cn2)c1. The summed E-state index contributed by atoms with van der Waals surface area (Å²) in [6.07, 6.45) is 3.22. The fourth-order valence-electron chi connectivity index (χ4n) is 2.76. The lowest BCUT2D eigenvalue weighted by atomic mass is 10.0. The quantitative estimate of drug-likeness (QED) is 0.927. The van der Waals surface area contributed by atoms with Gasteiger partial charge in [-0.05, 0) is 24.1 Å². The lowest BCUT2D eigenvalue weighted by Gasteiger charge is -2.25. The van der Waals surface area contributed by atoms with Gasteiger partial charge in [-0.15, -0.1) is 0 Å². The van der Waals surface area contributed by atoms with Crippen molar-refractivity contribution in [3.8, 4) is 11.8 Å². The van der Waals surface area contributed by atoms with Crippen molar-refractivity contribution < 1.29 is 9.84 Å². The Morgan fingerprint density at radius 2 is 2.23 bits per heavy atom. The molecule has 2 aromatic rings. The highest BCUT2D eigenvalue weighted by molar-refractivity contribution is 5.45. The number of β-amino-alcohol motifs (C(OH)–C–C–N with tert-alkyl or cyclic N) is 1. The Bertz CT molecular complexity index is 696. The van der Waals surface area contributed by atoms with E-state index in [-0.39, 0.29) is 11.7 Å². The van der Waals surface area contributed by atoms with Crippen molar-refractivity contribution >= 4 is 5.82 Å². The van der Waals surface area contributed by atoms with E-state index in [0.717, 1.165) is 11.3 Å². The summed E-state index contributed by atoms with van der Waals surface area (Å²) in [5.74, 6) is 1.44. The van der Waals surface area contributed by atoms with E-state index >= 15 is 0 Å². The molecule has 1 saturated heterocycles. The Kier molecular flexibility index (Phi) is 3.90. The number of hydrogen-bond donors (Lipinski definition) is 1. The maximum absolute atomic E-state index is 10.0. The zero-order chi connectivity index (χ0) is 15.5. The minimum absolute atomic E-state index is 0.00679. The van der Waals surface area contributed by atoms with Gasteiger partial charge < -0.3 is 14.7 Å². The van der Waals surface area contributed by atoms with Gasteiger partial charge in [-0.1, -0.05) is 12.1 Å². The average molecular weight is 296 g/mol. The van der Waals surface area contributed by atoms with Crippen LogP contribution >= 0.6 is 0 Å². The highest BCUT2D eigenvalue weighted by Gasteiger charge is 2.33. The molecule has 0 bridgehead atoms. The fraction of sp³-hybridized carbons (Fsp3) is 0.312. The maximum atomic E-state index is 10.0. The molecule has 1 N–H and O–H groups in total. The number of ether oxygens (including phenoxy) is 1. The molecule has 0 saturated carbocycles. The Balaban J connectivity index is 1.92. The normalized spacial score (nSPS) is 20.7. The van der Waals surface area contributed by atoms with E-state index < -0.39 is 6.10 Å². The number of aromatic nitrogens is 2. The Hall–Kier alpha value is -2.65. The molecule has 1 fully saturated rings. The van der Waals surface area contributed by atoms with E-state index in [1.807, 2.05) is 35.2 Å². The summed E-state index contributed by atoms with van der Waals surface area (Å²) in [4.78, 5) is 10.3. The molecule has 2 atom stereocenters. The maximum Gasteiger partial charge on any atom is 0.158 e. The number of nitrogens with zero attached hydrogens (tertiary/aromatic N) is 4. The van der Waals surface area contributed by atoms with Gasteiger partial charge in [-0.25, -0.2) is 9.97 Å². The molecule has 0 spiro atoms. The van der Waals surface area contributed by atoms with Crippen LogP contribution in [0.25, 0.3) is 0 Å². The summed E-state index contributed by atoms with van der Waals surface area (Å²) in [6, 6.07) is 9.76. The monoisotopic (exact) mass is 296 g/mol. The van der Waals surface area contributed by atoms with Crippen LogP contribution in [-0.2, 0) is 0 Å². The topological polar surface area (TPSA) is 82.3 Å². The number of methoxy groups -OCH3 is 1. The molecule has 22 heavy (non-hydrogen) atoms. The Labute approximate surface area is 128 Å². The van der Waals surface area contributed by atoms with Crippen molar-refractivity contribution in [2.45, 2.75) is 18.6 Å². The van der Waals surface area contributed by atoms with Gasteiger partial charge in [0.05, 0.1) is 31.6 Å². The van der Waals surface area contributed by atoms with Crippen molar-refractivity contribution in [3.05, 3.63) is 47.9 Å². The number of rotatable bonds is 3. The molecule has 112 valence electrons. The second-order valence-electron chi connectivity index (χ2n) is 5.21. The van der Waals surface area contributed by atoms with E-state index in [9.17, 15) is 5.11 Å². The molecule has 0 radical (unpaired) electrons. The van der Waals surface area contributed by atoms with E-state index in [0.29, 0.717) is 18.8 Å². The summed E-state index contributed by atoms with van der Waals surface area (Å²) in [7, 11) is 1.63. The molecule has 1 aromatic heterocycles. The highest BCUT2D eigenvalue weighted by atomic mass is 16.5. The number of hydrogen-bond acceptors (Lipinski definition) is 6. The van der Waals surface area contributed by atoms with Crippen molar-refractivity contribution in [3.63, 3.8) is 0 Å². The van der Waals surface area contributed by atoms with E-state index in [1.165, 1.54) is 6.20 Å². The van der Waals surface area contributed by atoms with Gasteiger partial charge in [0.15, 0.2) is 5.69 Å². The molecule has 0 amide bonds. The van der Waals surface area contributed by atoms with Crippen LogP contribution < -0.4 is 9.64 Å². The molecular formula is C16H16N4O2. The molecule has 2 heterocycles. The van der Waals surface area contributed by atoms with Gasteiger partial charge in [0.1, 0.15) is 17.6 Å². The number of anilines is 1. The zero-order valence-electron chi connectivity index (χ0n) is 12.2. The lowest BCUT2D eigenvalue weighted by molar-refractivity contribution is 0.194. The molecule has 1 aliphatic rings. The zero-order valence-corrected chi connectivity index (χ0v) is 12.2. The predicted molar refractivity (Wildman–Crippen MR) is 80.5 cm³/mol. The summed E-state index contributed by atoms with van der Waals surface area (Å²) >= 11 is 0. The second-order valence-corrected chi connectivity index (χ2v) is 5.21. The van der Waals surface area contributed by atoms with Gasteiger partial charge in [0.2, 0.25) is 0 Å². The molecule has 6 nitrogen and oxygen atoms in total. The lowest BCUT2D eigenvalue weighted by Crippen LogP contribution is -2.25. The average Bonchev–Trinajstić information content (AvgIpc) is 2.97. The molecule has 0 unspecified atom stereocenters. The van der Waals surface area contributed by atoms with Gasteiger partial charge in [0.25, 0.3) is 0 Å². The van der Waals surface area contributed by atoms with Crippen LogP contribution in [0.5, 0.6) is 5.75 Å².